The van der Waals surface area contributed by atoms with Gasteiger partial charge in [0.25, 0.3) is 0 Å². The monoisotopic (exact) mass is 810 g/mol. The molecule has 0 unspecified atom stereocenters. The first-order chi connectivity index (χ1) is 27.7. The van der Waals surface area contributed by atoms with E-state index in [1.165, 1.54) is 4.90 Å². The standard InChI is InChI=1S/C43H54N8O6S/c1-26-34(22-33(49-48-26)32-9-6-7-10-36(32)53)50-19-17-30(18-20-50)46-37(54)11-8-12-38(55)47-40(43(3,4)5)42(57)51-24-31(52)21-35(51)41(56)44-23-28-13-15-29(16-14-28)39-27(2)45-25-58-39/h6-7,9-10,13-16,22,25,30-31,35,40,52-53H,8,11-12,17-21,23-24H2,1-5H3,(H,44,56)(H,46,54)(H,47,55)/t31-,35+,40-/m1/s1. The van der Waals surface area contributed by atoms with Gasteiger partial charge in [-0.15, -0.1) is 16.4 Å². The number of carbonyl (C=O) groups excluding carboxylic acids is 4. The van der Waals surface area contributed by atoms with E-state index in [0.717, 1.165) is 45.9 Å². The summed E-state index contributed by atoms with van der Waals surface area (Å²) in [5, 5.41) is 38.4. The molecular formula is C43H54N8O6S. The van der Waals surface area contributed by atoms with Gasteiger partial charge in [-0.05, 0) is 67.9 Å². The summed E-state index contributed by atoms with van der Waals surface area (Å²) in [5.41, 5.74) is 6.96. The van der Waals surface area contributed by atoms with Crippen LogP contribution in [-0.4, -0.2) is 97.8 Å². The molecule has 0 bridgehead atoms. The van der Waals surface area contributed by atoms with Crippen molar-refractivity contribution in [3.8, 4) is 27.4 Å². The number of piperidine rings is 1. The smallest absolute Gasteiger partial charge is 0.246 e. The van der Waals surface area contributed by atoms with Crippen LogP contribution >= 0.6 is 11.3 Å². The van der Waals surface area contributed by atoms with Crippen LogP contribution in [0.5, 0.6) is 5.75 Å². The Bertz CT molecular complexity index is 2090. The molecule has 6 rings (SSSR count). The second-order valence-corrected chi connectivity index (χ2v) is 17.2. The van der Waals surface area contributed by atoms with Gasteiger partial charge >= 0.3 is 0 Å². The summed E-state index contributed by atoms with van der Waals surface area (Å²) < 4.78 is 0. The number of hydrogen-bond donors (Lipinski definition) is 5. The second-order valence-electron chi connectivity index (χ2n) is 16.3. The first kappa shape index (κ1) is 42.2. The zero-order chi connectivity index (χ0) is 41.6. The average Bonchev–Trinajstić information content (AvgIpc) is 3.81. The van der Waals surface area contributed by atoms with Gasteiger partial charge < -0.3 is 36.0 Å². The minimum atomic E-state index is -0.948. The topological polar surface area (TPSA) is 190 Å². The van der Waals surface area contributed by atoms with E-state index in [4.69, 9.17) is 0 Å². The SMILES string of the molecule is Cc1nnc(-c2ccccc2O)cc1N1CCC(NC(=O)CCCC(=O)N[C@H](C(=O)N2C[C@H](O)C[C@H]2C(=O)NCc2ccc(-c3scnc3C)cc2)C(C)(C)C)CC1. The first-order valence-electron chi connectivity index (χ1n) is 19.9. The third-order valence-corrected chi connectivity index (χ3v) is 11.8. The number of benzene rings is 2. The Balaban J connectivity index is 0.955. The van der Waals surface area contributed by atoms with Crippen molar-refractivity contribution in [2.24, 2.45) is 5.41 Å². The van der Waals surface area contributed by atoms with Crippen LogP contribution in [0.2, 0.25) is 0 Å². The number of hydrogen-bond acceptors (Lipinski definition) is 11. The number of phenolic OH excluding ortho intramolecular Hbond substituents is 1. The summed E-state index contributed by atoms with van der Waals surface area (Å²) in [6, 6.07) is 15.0. The van der Waals surface area contributed by atoms with Crippen molar-refractivity contribution >= 4 is 40.7 Å². The van der Waals surface area contributed by atoms with Gasteiger partial charge in [0.2, 0.25) is 23.6 Å². The number of carbonyl (C=O) groups is 4. The molecule has 58 heavy (non-hydrogen) atoms. The van der Waals surface area contributed by atoms with Crippen LogP contribution < -0.4 is 20.9 Å². The lowest BCUT2D eigenvalue weighted by atomic mass is 9.85. The van der Waals surface area contributed by atoms with Crippen LogP contribution in [0.1, 0.15) is 76.2 Å². The van der Waals surface area contributed by atoms with Crippen molar-refractivity contribution in [3.05, 3.63) is 77.1 Å². The van der Waals surface area contributed by atoms with Gasteiger partial charge in [0.15, 0.2) is 0 Å². The molecular weight excluding hydrogens is 757 g/mol. The van der Waals surface area contributed by atoms with E-state index in [9.17, 15) is 29.4 Å². The van der Waals surface area contributed by atoms with E-state index in [0.29, 0.717) is 30.8 Å². The molecule has 5 N–H and O–H groups in total. The highest BCUT2D eigenvalue weighted by molar-refractivity contribution is 7.13. The number of amides is 4. The third-order valence-electron chi connectivity index (χ3n) is 10.9. The molecule has 14 nitrogen and oxygen atoms in total. The quantitative estimate of drug-likeness (QED) is 0.127. The van der Waals surface area contributed by atoms with Gasteiger partial charge in [-0.25, -0.2) is 4.98 Å². The fraction of sp³-hybridized carbons (Fsp3) is 0.465. The summed E-state index contributed by atoms with van der Waals surface area (Å²) in [5.74, 6) is -1.16. The number of aromatic nitrogens is 3. The van der Waals surface area contributed by atoms with Gasteiger partial charge in [-0.2, -0.15) is 5.10 Å². The molecule has 2 fully saturated rings. The predicted octanol–water partition coefficient (Wildman–Crippen LogP) is 4.65. The Morgan fingerprint density at radius 1 is 0.948 bits per heavy atom. The van der Waals surface area contributed by atoms with Crippen molar-refractivity contribution in [1.29, 1.82) is 0 Å². The molecule has 0 saturated carbocycles. The zero-order valence-corrected chi connectivity index (χ0v) is 34.6. The molecule has 4 heterocycles. The van der Waals surface area contributed by atoms with Gasteiger partial charge in [-0.1, -0.05) is 57.2 Å². The second kappa shape index (κ2) is 18.5. The van der Waals surface area contributed by atoms with Crippen LogP contribution in [0.3, 0.4) is 0 Å². The number of aryl methyl sites for hydroxylation is 2. The van der Waals surface area contributed by atoms with Crippen LogP contribution in [0.25, 0.3) is 21.7 Å². The number of aliphatic hydroxyl groups is 1. The molecule has 15 heteroatoms. The number of nitrogens with one attached hydrogen (secondary N) is 3. The zero-order valence-electron chi connectivity index (χ0n) is 33.8. The summed E-state index contributed by atoms with van der Waals surface area (Å²) >= 11 is 1.57. The Labute approximate surface area is 343 Å². The number of β-amino-alcohol motifs (C(OH)–C–C–N with tert-alkyl or cyclic N) is 1. The fourth-order valence-electron chi connectivity index (χ4n) is 7.57. The molecule has 0 spiro atoms. The van der Waals surface area contributed by atoms with Gasteiger partial charge in [0.05, 0.1) is 39.3 Å². The third kappa shape index (κ3) is 10.4. The summed E-state index contributed by atoms with van der Waals surface area (Å²) in [6.45, 7) is 11.1. The number of likely N-dealkylation sites (tertiary alicyclic amines) is 1. The summed E-state index contributed by atoms with van der Waals surface area (Å²) in [4.78, 5) is 62.6. The number of anilines is 1. The maximum absolute atomic E-state index is 14.0. The number of nitrogens with zero attached hydrogens (tertiary/aromatic N) is 5. The van der Waals surface area contributed by atoms with E-state index >= 15 is 0 Å². The van der Waals surface area contributed by atoms with E-state index in [2.05, 4.69) is 36.0 Å². The van der Waals surface area contributed by atoms with Crippen molar-refractivity contribution in [1.82, 2.24) is 36.0 Å². The van der Waals surface area contributed by atoms with Gasteiger partial charge in [0.1, 0.15) is 17.8 Å². The van der Waals surface area contributed by atoms with E-state index in [1.807, 2.05) is 76.5 Å². The largest absolute Gasteiger partial charge is 0.507 e. The maximum atomic E-state index is 14.0. The van der Waals surface area contributed by atoms with Crippen molar-refractivity contribution in [3.63, 3.8) is 0 Å². The molecule has 4 amide bonds. The molecule has 2 aromatic carbocycles. The molecule has 2 aromatic heterocycles. The molecule has 308 valence electrons. The Morgan fingerprint density at radius 2 is 1.66 bits per heavy atom. The van der Waals surface area contributed by atoms with E-state index < -0.39 is 29.5 Å². The number of aromatic hydroxyl groups is 1. The number of phenols is 1. The lowest BCUT2D eigenvalue weighted by Crippen LogP contribution is -2.57. The normalized spacial score (nSPS) is 17.8. The highest BCUT2D eigenvalue weighted by Crippen LogP contribution is 2.32. The number of thiazole rings is 1. The lowest BCUT2D eigenvalue weighted by molar-refractivity contribution is -0.144. The fourth-order valence-corrected chi connectivity index (χ4v) is 8.38. The molecule has 4 aromatic rings. The minimum Gasteiger partial charge on any atom is -0.507 e. The first-order valence-corrected chi connectivity index (χ1v) is 20.8. The van der Waals surface area contributed by atoms with Crippen LogP contribution in [-0.2, 0) is 25.7 Å². The van der Waals surface area contributed by atoms with E-state index in [1.54, 1.807) is 29.5 Å². The molecule has 2 saturated heterocycles. The Morgan fingerprint density at radius 3 is 2.33 bits per heavy atom. The molecule has 2 aliphatic heterocycles. The Hall–Kier alpha value is -5.41. The highest BCUT2D eigenvalue weighted by Gasteiger charge is 2.44. The average molecular weight is 811 g/mol. The van der Waals surface area contributed by atoms with Crippen molar-refractivity contribution in [2.45, 2.75) is 104 Å². The van der Waals surface area contributed by atoms with Crippen LogP contribution in [0, 0.1) is 19.3 Å². The highest BCUT2D eigenvalue weighted by atomic mass is 32.1. The number of aliphatic hydroxyl groups excluding tert-OH is 1. The number of para-hydroxylation sites is 1. The van der Waals surface area contributed by atoms with Crippen molar-refractivity contribution < 1.29 is 29.4 Å². The summed E-state index contributed by atoms with van der Waals surface area (Å²) in [7, 11) is 0. The molecule has 2 aliphatic rings. The van der Waals surface area contributed by atoms with Crippen molar-refractivity contribution in [2.75, 3.05) is 24.5 Å². The molecule has 0 aliphatic carbocycles. The van der Waals surface area contributed by atoms with Gasteiger partial charge in [0, 0.05) is 57.0 Å². The van der Waals surface area contributed by atoms with Crippen LogP contribution in [0.4, 0.5) is 5.69 Å². The minimum absolute atomic E-state index is 0.00628. The number of rotatable bonds is 13. The van der Waals surface area contributed by atoms with Gasteiger partial charge in [-0.3, -0.25) is 19.2 Å². The Kier molecular flexibility index (Phi) is 13.4. The summed E-state index contributed by atoms with van der Waals surface area (Å²) in [6.07, 6.45) is 1.21. The van der Waals surface area contributed by atoms with Crippen LogP contribution in [0.15, 0.2) is 60.1 Å². The van der Waals surface area contributed by atoms with E-state index in [-0.39, 0.29) is 61.9 Å². The molecule has 0 radical (unpaired) electrons. The predicted molar refractivity (Wildman–Crippen MR) is 223 cm³/mol. The lowest BCUT2D eigenvalue weighted by Gasteiger charge is -2.35. The molecule has 3 atom stereocenters. The maximum Gasteiger partial charge on any atom is 0.246 e.